The smallest absolute Gasteiger partial charge is 0.223 e. The van der Waals surface area contributed by atoms with Crippen LogP contribution in [-0.4, -0.2) is 54.1 Å². The van der Waals surface area contributed by atoms with Crippen LogP contribution in [0.25, 0.3) is 0 Å². The van der Waals surface area contributed by atoms with Crippen LogP contribution in [0.3, 0.4) is 0 Å². The Bertz CT molecular complexity index is 639. The SMILES string of the molecule is CC(=O)N[C@H]1[C@@H](Oc2ccccc2Cl)O[C@@H]2COC(C)(C)O[C@@H]2[C@H]1O. The Morgan fingerprint density at radius 1 is 1.40 bits per heavy atom. The summed E-state index contributed by atoms with van der Waals surface area (Å²) in [5.41, 5.74) is 0. The lowest BCUT2D eigenvalue weighted by atomic mass is 9.95. The van der Waals surface area contributed by atoms with E-state index in [1.807, 2.05) is 0 Å². The number of para-hydroxylation sites is 1. The summed E-state index contributed by atoms with van der Waals surface area (Å²) in [4.78, 5) is 11.6. The first kappa shape index (κ1) is 18.4. The highest BCUT2D eigenvalue weighted by atomic mass is 35.5. The molecule has 1 aromatic rings. The van der Waals surface area contributed by atoms with E-state index in [-0.39, 0.29) is 12.5 Å². The second kappa shape index (κ2) is 7.09. The zero-order chi connectivity index (χ0) is 18.2. The second-order valence-corrected chi connectivity index (χ2v) is 7.01. The summed E-state index contributed by atoms with van der Waals surface area (Å²) in [6.45, 7) is 5.12. The van der Waals surface area contributed by atoms with Crippen LogP contribution < -0.4 is 10.1 Å². The number of ether oxygens (including phenoxy) is 4. The summed E-state index contributed by atoms with van der Waals surface area (Å²) in [7, 11) is 0. The predicted molar refractivity (Wildman–Crippen MR) is 89.3 cm³/mol. The van der Waals surface area contributed by atoms with Crippen LogP contribution in [-0.2, 0) is 19.0 Å². The van der Waals surface area contributed by atoms with Crippen LogP contribution in [0.1, 0.15) is 20.8 Å². The van der Waals surface area contributed by atoms with Crippen molar-refractivity contribution in [1.82, 2.24) is 5.32 Å². The fraction of sp³-hybridized carbons (Fsp3) is 0.588. The van der Waals surface area contributed by atoms with Gasteiger partial charge < -0.3 is 29.4 Å². The third-order valence-electron chi connectivity index (χ3n) is 4.14. The highest BCUT2D eigenvalue weighted by molar-refractivity contribution is 6.32. The number of amides is 1. The number of carbonyl (C=O) groups excluding carboxylic acids is 1. The van der Waals surface area contributed by atoms with Gasteiger partial charge in [-0.05, 0) is 26.0 Å². The van der Waals surface area contributed by atoms with Gasteiger partial charge in [-0.25, -0.2) is 0 Å². The highest BCUT2D eigenvalue weighted by Gasteiger charge is 2.52. The van der Waals surface area contributed by atoms with Crippen LogP contribution in [0.5, 0.6) is 5.75 Å². The molecule has 0 bridgehead atoms. The number of benzene rings is 1. The molecule has 3 rings (SSSR count). The second-order valence-electron chi connectivity index (χ2n) is 6.60. The van der Waals surface area contributed by atoms with Gasteiger partial charge in [0.05, 0.1) is 11.6 Å². The molecule has 2 saturated heterocycles. The van der Waals surface area contributed by atoms with E-state index in [1.54, 1.807) is 38.1 Å². The van der Waals surface area contributed by atoms with E-state index in [0.717, 1.165) is 0 Å². The maximum absolute atomic E-state index is 11.6. The van der Waals surface area contributed by atoms with Crippen LogP contribution in [0.2, 0.25) is 5.02 Å². The number of rotatable bonds is 3. The molecular formula is C17H22ClNO6. The van der Waals surface area contributed by atoms with Gasteiger partial charge >= 0.3 is 0 Å². The monoisotopic (exact) mass is 371 g/mol. The van der Waals surface area contributed by atoms with E-state index in [4.69, 9.17) is 30.5 Å². The standard InChI is InChI=1S/C17H22ClNO6/c1-9(20)19-13-14(21)15-12(8-22-17(2,3)25-15)24-16(13)23-11-7-5-4-6-10(11)18/h4-7,12-16,21H,8H2,1-3H3,(H,19,20)/t12-,13-,14+,15+,16+/m1/s1. The number of fused-ring (bicyclic) bond motifs is 1. The average molecular weight is 372 g/mol. The van der Waals surface area contributed by atoms with Crippen molar-refractivity contribution in [1.29, 1.82) is 0 Å². The van der Waals surface area contributed by atoms with Gasteiger partial charge in [0.25, 0.3) is 0 Å². The lowest BCUT2D eigenvalue weighted by Gasteiger charge is -2.49. The number of carbonyl (C=O) groups is 1. The summed E-state index contributed by atoms with van der Waals surface area (Å²) >= 11 is 6.13. The van der Waals surface area contributed by atoms with Crippen molar-refractivity contribution < 1.29 is 28.8 Å². The minimum absolute atomic E-state index is 0.240. The van der Waals surface area contributed by atoms with Gasteiger partial charge in [0.1, 0.15) is 30.1 Å². The van der Waals surface area contributed by atoms with Crippen molar-refractivity contribution in [3.8, 4) is 5.75 Å². The average Bonchev–Trinajstić information content (AvgIpc) is 2.53. The molecule has 1 amide bonds. The molecule has 0 aliphatic carbocycles. The number of halogens is 1. The van der Waals surface area contributed by atoms with Crippen molar-refractivity contribution in [2.24, 2.45) is 0 Å². The number of aliphatic hydroxyl groups excluding tert-OH is 1. The fourth-order valence-electron chi connectivity index (χ4n) is 3.00. The normalized spacial score (nSPS) is 34.0. The van der Waals surface area contributed by atoms with E-state index in [9.17, 15) is 9.90 Å². The summed E-state index contributed by atoms with van der Waals surface area (Å²) in [6, 6.07) is 6.10. The molecule has 2 aliphatic rings. The molecule has 1 aromatic carbocycles. The zero-order valence-electron chi connectivity index (χ0n) is 14.3. The molecule has 7 nitrogen and oxygen atoms in total. The van der Waals surface area contributed by atoms with Gasteiger partial charge in [0.15, 0.2) is 5.79 Å². The molecule has 2 heterocycles. The number of nitrogens with one attached hydrogen (secondary N) is 1. The summed E-state index contributed by atoms with van der Waals surface area (Å²) in [5, 5.41) is 13.9. The van der Waals surface area contributed by atoms with Crippen molar-refractivity contribution >= 4 is 17.5 Å². The van der Waals surface area contributed by atoms with Gasteiger partial charge in [-0.15, -0.1) is 0 Å². The molecule has 2 N–H and O–H groups in total. The van der Waals surface area contributed by atoms with E-state index in [0.29, 0.717) is 10.8 Å². The Hall–Kier alpha value is -1.38. The molecule has 0 spiro atoms. The maximum Gasteiger partial charge on any atom is 0.223 e. The van der Waals surface area contributed by atoms with Gasteiger partial charge in [-0.1, -0.05) is 23.7 Å². The van der Waals surface area contributed by atoms with E-state index in [2.05, 4.69) is 5.32 Å². The molecule has 25 heavy (non-hydrogen) atoms. The maximum atomic E-state index is 11.6. The van der Waals surface area contributed by atoms with Gasteiger partial charge in [-0.2, -0.15) is 0 Å². The minimum atomic E-state index is -1.03. The van der Waals surface area contributed by atoms with E-state index < -0.39 is 36.4 Å². The molecule has 0 unspecified atom stereocenters. The molecule has 2 aliphatic heterocycles. The molecule has 8 heteroatoms. The first-order chi connectivity index (χ1) is 11.8. The number of hydrogen-bond acceptors (Lipinski definition) is 6. The Morgan fingerprint density at radius 3 is 2.80 bits per heavy atom. The lowest BCUT2D eigenvalue weighted by Crippen LogP contribution is -2.69. The largest absolute Gasteiger partial charge is 0.461 e. The molecule has 2 fully saturated rings. The lowest BCUT2D eigenvalue weighted by molar-refractivity contribution is -0.361. The number of aliphatic hydroxyl groups is 1. The molecular weight excluding hydrogens is 350 g/mol. The Kier molecular flexibility index (Phi) is 5.22. The zero-order valence-corrected chi connectivity index (χ0v) is 15.0. The third-order valence-corrected chi connectivity index (χ3v) is 4.45. The minimum Gasteiger partial charge on any atom is -0.461 e. The molecule has 5 atom stereocenters. The molecule has 0 aromatic heterocycles. The van der Waals surface area contributed by atoms with Gasteiger partial charge in [-0.3, -0.25) is 4.79 Å². The first-order valence-electron chi connectivity index (χ1n) is 8.10. The van der Waals surface area contributed by atoms with Crippen molar-refractivity contribution in [2.45, 2.75) is 57.2 Å². The summed E-state index contributed by atoms with van der Waals surface area (Å²) < 4.78 is 23.1. The molecule has 0 saturated carbocycles. The van der Waals surface area contributed by atoms with Crippen LogP contribution in [0, 0.1) is 0 Å². The van der Waals surface area contributed by atoms with E-state index >= 15 is 0 Å². The topological polar surface area (TPSA) is 86.3 Å². The number of hydrogen-bond donors (Lipinski definition) is 2. The predicted octanol–water partition coefficient (Wildman–Crippen LogP) is 1.46. The van der Waals surface area contributed by atoms with Crippen LogP contribution in [0.15, 0.2) is 24.3 Å². The van der Waals surface area contributed by atoms with Gasteiger partial charge in [0, 0.05) is 6.92 Å². The first-order valence-corrected chi connectivity index (χ1v) is 8.48. The van der Waals surface area contributed by atoms with Crippen molar-refractivity contribution in [2.75, 3.05) is 6.61 Å². The van der Waals surface area contributed by atoms with Crippen LogP contribution >= 0.6 is 11.6 Å². The van der Waals surface area contributed by atoms with Crippen molar-refractivity contribution in [3.05, 3.63) is 29.3 Å². The Morgan fingerprint density at radius 2 is 2.12 bits per heavy atom. The Labute approximate surface area is 151 Å². The fourth-order valence-corrected chi connectivity index (χ4v) is 3.18. The molecule has 0 radical (unpaired) electrons. The third kappa shape index (κ3) is 4.07. The Balaban J connectivity index is 1.83. The van der Waals surface area contributed by atoms with Gasteiger partial charge in [0.2, 0.25) is 12.2 Å². The quantitative estimate of drug-likeness (QED) is 0.836. The molecule has 138 valence electrons. The van der Waals surface area contributed by atoms with Crippen LogP contribution in [0.4, 0.5) is 0 Å². The van der Waals surface area contributed by atoms with E-state index in [1.165, 1.54) is 6.92 Å². The van der Waals surface area contributed by atoms with Crippen molar-refractivity contribution in [3.63, 3.8) is 0 Å². The highest BCUT2D eigenvalue weighted by Crippen LogP contribution is 2.34. The summed E-state index contributed by atoms with van der Waals surface area (Å²) in [5.74, 6) is -0.763. The summed E-state index contributed by atoms with van der Waals surface area (Å²) in [6.07, 6.45) is -3.14.